The lowest BCUT2D eigenvalue weighted by molar-refractivity contribution is -2.00. The van der Waals surface area contributed by atoms with Gasteiger partial charge in [-0.2, -0.15) is 0 Å². The van der Waals surface area contributed by atoms with Crippen LogP contribution in [0.5, 0.6) is 0 Å². The van der Waals surface area contributed by atoms with Crippen LogP contribution in [0.3, 0.4) is 0 Å². The summed E-state index contributed by atoms with van der Waals surface area (Å²) in [7, 11) is -4.94. The Morgan fingerprint density at radius 1 is 1.06 bits per heavy atom. The van der Waals surface area contributed by atoms with Crippen molar-refractivity contribution in [2.24, 2.45) is 0 Å². The van der Waals surface area contributed by atoms with Gasteiger partial charge in [-0.15, -0.1) is 14.9 Å². The van der Waals surface area contributed by atoms with Crippen molar-refractivity contribution in [3.05, 3.63) is 35.8 Å². The summed E-state index contributed by atoms with van der Waals surface area (Å²) in [5.41, 5.74) is 5.56. The van der Waals surface area contributed by atoms with Crippen molar-refractivity contribution in [2.45, 2.75) is 13.8 Å². The fourth-order valence-corrected chi connectivity index (χ4v) is 1.19. The van der Waals surface area contributed by atoms with E-state index >= 15 is 0 Å². The lowest BCUT2D eigenvalue weighted by Gasteiger charge is -2.17. The van der Waals surface area contributed by atoms with Crippen molar-refractivity contribution in [3.8, 4) is 0 Å². The first-order chi connectivity index (χ1) is 7.77. The Balaban J connectivity index is 0.000000249. The van der Waals surface area contributed by atoms with Crippen molar-refractivity contribution in [1.29, 1.82) is 0 Å². The highest BCUT2D eigenvalue weighted by Crippen LogP contribution is 2.09. The zero-order valence-corrected chi connectivity index (χ0v) is 10.0. The SMILES string of the molecule is CC1=C(C)N[n+]2ccccc2N1.[O-][Cl+3]([O-])([O-])[O-]. The number of nitrogens with zero attached hydrogens (tertiary/aromatic N) is 1. The molecule has 0 atom stereocenters. The van der Waals surface area contributed by atoms with Crippen LogP contribution < -0.4 is 34.1 Å². The predicted octanol–water partition coefficient (Wildman–Crippen LogP) is -3.56. The zero-order chi connectivity index (χ0) is 13.1. The summed E-state index contributed by atoms with van der Waals surface area (Å²) in [6.45, 7) is 4.10. The number of halogens is 1. The summed E-state index contributed by atoms with van der Waals surface area (Å²) < 4.78 is 35.9. The van der Waals surface area contributed by atoms with Gasteiger partial charge in [0.1, 0.15) is 11.9 Å². The Kier molecular flexibility index (Phi) is 4.27. The summed E-state index contributed by atoms with van der Waals surface area (Å²) in [5, 5.41) is 3.29. The number of rotatable bonds is 0. The van der Waals surface area contributed by atoms with E-state index in [2.05, 4.69) is 17.7 Å². The fourth-order valence-electron chi connectivity index (χ4n) is 1.19. The van der Waals surface area contributed by atoms with Gasteiger partial charge in [0.25, 0.3) is 0 Å². The molecule has 0 fully saturated rings. The van der Waals surface area contributed by atoms with Crippen LogP contribution in [0.1, 0.15) is 13.8 Å². The highest BCUT2D eigenvalue weighted by Gasteiger charge is 2.16. The number of anilines is 1. The van der Waals surface area contributed by atoms with E-state index in [-0.39, 0.29) is 0 Å². The maximum Gasteiger partial charge on any atom is 0.302 e. The van der Waals surface area contributed by atoms with E-state index < -0.39 is 10.2 Å². The Hall–Kier alpha value is -1.38. The van der Waals surface area contributed by atoms with Gasteiger partial charge >= 0.3 is 5.82 Å². The van der Waals surface area contributed by atoms with Crippen LogP contribution in [-0.4, -0.2) is 0 Å². The normalized spacial score (nSPS) is 14.0. The molecule has 1 aromatic rings. The van der Waals surface area contributed by atoms with E-state index in [1.54, 1.807) is 0 Å². The number of nitrogens with one attached hydrogen (secondary N) is 2. The number of hydrogen-bond donors (Lipinski definition) is 2. The lowest BCUT2D eigenvalue weighted by Crippen LogP contribution is -2.68. The molecule has 1 aromatic heterocycles. The molecule has 2 heterocycles. The van der Waals surface area contributed by atoms with Gasteiger partial charge in [0.15, 0.2) is 0 Å². The minimum atomic E-state index is -4.94. The van der Waals surface area contributed by atoms with Gasteiger partial charge in [-0.25, -0.2) is 29.4 Å². The van der Waals surface area contributed by atoms with Gasteiger partial charge in [-0.1, -0.05) is 6.07 Å². The predicted molar refractivity (Wildman–Crippen MR) is 48.0 cm³/mol. The van der Waals surface area contributed by atoms with Crippen molar-refractivity contribution in [3.63, 3.8) is 0 Å². The van der Waals surface area contributed by atoms with E-state index in [1.165, 1.54) is 5.70 Å². The standard InChI is InChI=1S/C9H11N3.ClHO4/c1-7-8(2)11-12-6-4-3-5-9(12)10-7;2-1(3,4)5/h3-6,11H,1-2H3;(H,2,3,4,5). The molecule has 8 heteroatoms. The monoisotopic (exact) mass is 261 g/mol. The number of aromatic nitrogens is 1. The molecule has 17 heavy (non-hydrogen) atoms. The Bertz CT molecular complexity index is 391. The molecule has 0 aliphatic carbocycles. The van der Waals surface area contributed by atoms with Crippen LogP contribution >= 0.6 is 0 Å². The molecule has 0 spiro atoms. The third-order valence-corrected chi connectivity index (χ3v) is 2.03. The molecule has 1 aliphatic rings. The molecule has 94 valence electrons. The topological polar surface area (TPSA) is 120 Å². The van der Waals surface area contributed by atoms with Gasteiger partial charge in [0.2, 0.25) is 0 Å². The smallest absolute Gasteiger partial charge is 0.241 e. The van der Waals surface area contributed by atoms with Crippen LogP contribution in [0.25, 0.3) is 0 Å². The summed E-state index contributed by atoms with van der Waals surface area (Å²) in [5.74, 6) is 1.07. The largest absolute Gasteiger partial charge is 0.302 e. The molecule has 0 amide bonds. The molecule has 0 unspecified atom stereocenters. The van der Waals surface area contributed by atoms with Gasteiger partial charge in [0, 0.05) is 6.07 Å². The van der Waals surface area contributed by atoms with Gasteiger partial charge < -0.3 is 0 Å². The first-order valence-electron chi connectivity index (χ1n) is 4.61. The van der Waals surface area contributed by atoms with Gasteiger partial charge in [-0.3, -0.25) is 0 Å². The molecule has 2 rings (SSSR count). The quantitative estimate of drug-likeness (QED) is 0.466. The number of pyridine rings is 1. The van der Waals surface area contributed by atoms with Crippen LogP contribution in [0.2, 0.25) is 0 Å². The molecular weight excluding hydrogens is 250 g/mol. The zero-order valence-electron chi connectivity index (χ0n) is 9.27. The molecule has 7 nitrogen and oxygen atoms in total. The Labute approximate surface area is 100 Å². The van der Waals surface area contributed by atoms with Crippen molar-refractivity contribution >= 4 is 5.82 Å². The van der Waals surface area contributed by atoms with Crippen LogP contribution in [-0.2, 0) is 0 Å². The summed E-state index contributed by atoms with van der Waals surface area (Å²) in [4.78, 5) is 0. The maximum atomic E-state index is 8.49. The number of fused-ring (bicyclic) bond motifs is 1. The minimum Gasteiger partial charge on any atom is -0.241 e. The van der Waals surface area contributed by atoms with Crippen LogP contribution in [0.4, 0.5) is 5.82 Å². The summed E-state index contributed by atoms with van der Waals surface area (Å²) >= 11 is 0. The maximum absolute atomic E-state index is 8.49. The van der Waals surface area contributed by atoms with Crippen LogP contribution in [0.15, 0.2) is 35.8 Å². The first kappa shape index (κ1) is 13.7. The van der Waals surface area contributed by atoms with E-state index in [0.717, 1.165) is 11.5 Å². The minimum absolute atomic E-state index is 1.07. The van der Waals surface area contributed by atoms with Gasteiger partial charge in [0.05, 0.1) is 5.70 Å². The second-order valence-electron chi connectivity index (χ2n) is 3.32. The summed E-state index contributed by atoms with van der Waals surface area (Å²) in [6.07, 6.45) is 1.98. The van der Waals surface area contributed by atoms with Crippen molar-refractivity contribution < 1.29 is 33.6 Å². The van der Waals surface area contributed by atoms with Crippen molar-refractivity contribution in [2.75, 3.05) is 10.7 Å². The fraction of sp³-hybridized carbons (Fsp3) is 0.222. The molecule has 0 saturated heterocycles. The van der Waals surface area contributed by atoms with Crippen molar-refractivity contribution in [1.82, 2.24) is 0 Å². The average Bonchev–Trinajstić information content (AvgIpc) is 2.17. The Morgan fingerprint density at radius 2 is 1.65 bits per heavy atom. The number of hydrogen-bond acceptors (Lipinski definition) is 6. The van der Waals surface area contributed by atoms with E-state index in [9.17, 15) is 0 Å². The molecular formula is C9H12ClN3O4. The Morgan fingerprint density at radius 3 is 2.24 bits per heavy atom. The molecule has 1 aliphatic heterocycles. The third-order valence-electron chi connectivity index (χ3n) is 2.03. The second-order valence-corrected chi connectivity index (χ2v) is 4.08. The van der Waals surface area contributed by atoms with Crippen LogP contribution in [0, 0.1) is 10.2 Å². The highest BCUT2D eigenvalue weighted by atomic mass is 35.7. The molecule has 2 N–H and O–H groups in total. The van der Waals surface area contributed by atoms with E-state index in [1.807, 2.05) is 36.0 Å². The lowest BCUT2D eigenvalue weighted by atomic mass is 10.3. The third kappa shape index (κ3) is 4.98. The molecule has 0 saturated carbocycles. The average molecular weight is 262 g/mol. The highest BCUT2D eigenvalue weighted by molar-refractivity contribution is 5.40. The van der Waals surface area contributed by atoms with E-state index in [4.69, 9.17) is 18.6 Å². The molecule has 0 bridgehead atoms. The molecule has 0 aromatic carbocycles. The first-order valence-corrected chi connectivity index (χ1v) is 5.85. The summed E-state index contributed by atoms with van der Waals surface area (Å²) in [6, 6.07) is 6.03. The van der Waals surface area contributed by atoms with Gasteiger partial charge in [-0.05, 0) is 19.9 Å². The second kappa shape index (κ2) is 5.30. The number of allylic oxidation sites excluding steroid dienone is 2. The molecule has 0 radical (unpaired) electrons. The van der Waals surface area contributed by atoms with E-state index in [0.29, 0.717) is 0 Å².